The summed E-state index contributed by atoms with van der Waals surface area (Å²) in [5.74, 6) is 0.701. The maximum atomic E-state index is 5.60. The van der Waals surface area contributed by atoms with Gasteiger partial charge in [-0.15, -0.1) is 0 Å². The average Bonchev–Trinajstić information content (AvgIpc) is 2.70. The summed E-state index contributed by atoms with van der Waals surface area (Å²) in [5, 5.41) is 0. The van der Waals surface area contributed by atoms with Crippen molar-refractivity contribution in [2.75, 3.05) is 20.1 Å². The van der Waals surface area contributed by atoms with Crippen LogP contribution in [0.25, 0.3) is 0 Å². The molecule has 0 aliphatic heterocycles. The summed E-state index contributed by atoms with van der Waals surface area (Å²) in [4.78, 5) is 2.55. The Morgan fingerprint density at radius 3 is 2.57 bits per heavy atom. The molecule has 2 heteroatoms. The molecular weight excluding hydrogens is 172 g/mol. The van der Waals surface area contributed by atoms with Gasteiger partial charge in [0.2, 0.25) is 0 Å². The van der Waals surface area contributed by atoms with E-state index in [9.17, 15) is 0 Å². The van der Waals surface area contributed by atoms with Crippen molar-refractivity contribution in [3.8, 4) is 0 Å². The van der Waals surface area contributed by atoms with Gasteiger partial charge < -0.3 is 10.6 Å². The molecule has 0 aromatic carbocycles. The Morgan fingerprint density at radius 1 is 1.36 bits per heavy atom. The number of hydrogen-bond donors (Lipinski definition) is 1. The molecule has 0 aromatic heterocycles. The van der Waals surface area contributed by atoms with Crippen molar-refractivity contribution in [3.63, 3.8) is 0 Å². The lowest BCUT2D eigenvalue weighted by Gasteiger charge is -2.24. The van der Waals surface area contributed by atoms with Crippen molar-refractivity contribution in [2.45, 2.75) is 51.5 Å². The van der Waals surface area contributed by atoms with E-state index in [1.54, 1.807) is 0 Å². The van der Waals surface area contributed by atoms with Gasteiger partial charge in [0.1, 0.15) is 0 Å². The van der Waals surface area contributed by atoms with Gasteiger partial charge in [-0.1, -0.05) is 19.8 Å². The summed E-state index contributed by atoms with van der Waals surface area (Å²) in [6.07, 6.45) is 8.31. The molecule has 0 saturated heterocycles. The Kier molecular flexibility index (Phi) is 5.49. The molecule has 0 aromatic rings. The molecule has 1 rings (SSSR count). The molecular formula is C12H26N2. The third-order valence-corrected chi connectivity index (χ3v) is 3.56. The van der Waals surface area contributed by atoms with E-state index in [4.69, 9.17) is 5.73 Å². The monoisotopic (exact) mass is 198 g/mol. The summed E-state index contributed by atoms with van der Waals surface area (Å²) < 4.78 is 0. The van der Waals surface area contributed by atoms with Gasteiger partial charge in [-0.05, 0) is 51.7 Å². The topological polar surface area (TPSA) is 29.3 Å². The summed E-state index contributed by atoms with van der Waals surface area (Å²) in [6, 6.07) is 0.878. The fourth-order valence-electron chi connectivity index (χ4n) is 2.33. The Morgan fingerprint density at radius 2 is 2.00 bits per heavy atom. The summed E-state index contributed by atoms with van der Waals surface area (Å²) >= 11 is 0. The number of hydrogen-bond acceptors (Lipinski definition) is 2. The fourth-order valence-corrected chi connectivity index (χ4v) is 2.33. The van der Waals surface area contributed by atoms with Crippen molar-refractivity contribution < 1.29 is 0 Å². The lowest BCUT2D eigenvalue weighted by atomic mass is 10.1. The van der Waals surface area contributed by atoms with E-state index in [1.165, 1.54) is 45.1 Å². The predicted molar refractivity (Wildman–Crippen MR) is 62.3 cm³/mol. The molecule has 1 fully saturated rings. The summed E-state index contributed by atoms with van der Waals surface area (Å²) in [7, 11) is 2.28. The first-order valence-electron chi connectivity index (χ1n) is 6.14. The third-order valence-electron chi connectivity index (χ3n) is 3.56. The lowest BCUT2D eigenvalue weighted by Crippen LogP contribution is -2.30. The smallest absolute Gasteiger partial charge is 0.00922 e. The van der Waals surface area contributed by atoms with Crippen LogP contribution in [0.1, 0.15) is 45.4 Å². The van der Waals surface area contributed by atoms with E-state index in [2.05, 4.69) is 18.9 Å². The highest BCUT2D eigenvalue weighted by molar-refractivity contribution is 4.75. The molecule has 2 N–H and O–H groups in total. The molecule has 1 unspecified atom stereocenters. The van der Waals surface area contributed by atoms with Gasteiger partial charge in [-0.3, -0.25) is 0 Å². The van der Waals surface area contributed by atoms with Crippen LogP contribution in [0.4, 0.5) is 0 Å². The van der Waals surface area contributed by atoms with E-state index in [0.29, 0.717) is 5.92 Å². The van der Waals surface area contributed by atoms with Crippen LogP contribution in [0.3, 0.4) is 0 Å². The van der Waals surface area contributed by atoms with E-state index in [0.717, 1.165) is 12.6 Å². The van der Waals surface area contributed by atoms with Crippen LogP contribution in [0.5, 0.6) is 0 Å². The standard InChI is InChI=1S/C12H26N2/c1-11(10-13)6-5-9-14(2)12-7-3-4-8-12/h11-12H,3-10,13H2,1-2H3. The average molecular weight is 198 g/mol. The second kappa shape index (κ2) is 6.41. The van der Waals surface area contributed by atoms with E-state index >= 15 is 0 Å². The van der Waals surface area contributed by atoms with Crippen LogP contribution in [-0.4, -0.2) is 31.1 Å². The van der Waals surface area contributed by atoms with Crippen molar-refractivity contribution in [1.29, 1.82) is 0 Å². The van der Waals surface area contributed by atoms with Gasteiger partial charge in [-0.2, -0.15) is 0 Å². The molecule has 1 saturated carbocycles. The molecule has 0 bridgehead atoms. The summed E-state index contributed by atoms with van der Waals surface area (Å²) in [6.45, 7) is 4.34. The van der Waals surface area contributed by atoms with Crippen molar-refractivity contribution >= 4 is 0 Å². The molecule has 1 aliphatic carbocycles. The first-order chi connectivity index (χ1) is 6.74. The molecule has 2 nitrogen and oxygen atoms in total. The van der Waals surface area contributed by atoms with Gasteiger partial charge in [-0.25, -0.2) is 0 Å². The molecule has 1 aliphatic rings. The molecule has 14 heavy (non-hydrogen) atoms. The molecule has 1 atom stereocenters. The van der Waals surface area contributed by atoms with Gasteiger partial charge in [0, 0.05) is 6.04 Å². The number of nitrogens with zero attached hydrogens (tertiary/aromatic N) is 1. The van der Waals surface area contributed by atoms with Gasteiger partial charge in [0.05, 0.1) is 0 Å². The predicted octanol–water partition coefficient (Wildman–Crippen LogP) is 2.24. The molecule has 0 heterocycles. The Bertz CT molecular complexity index is 141. The molecule has 0 spiro atoms. The highest BCUT2D eigenvalue weighted by Crippen LogP contribution is 2.22. The molecule has 84 valence electrons. The van der Waals surface area contributed by atoms with Gasteiger partial charge in [0.15, 0.2) is 0 Å². The zero-order valence-electron chi connectivity index (χ0n) is 9.84. The Hall–Kier alpha value is -0.0800. The second-order valence-corrected chi connectivity index (χ2v) is 4.90. The van der Waals surface area contributed by atoms with Gasteiger partial charge >= 0.3 is 0 Å². The normalized spacial score (nSPS) is 20.6. The fraction of sp³-hybridized carbons (Fsp3) is 1.00. The zero-order chi connectivity index (χ0) is 10.4. The van der Waals surface area contributed by atoms with Crippen LogP contribution >= 0.6 is 0 Å². The van der Waals surface area contributed by atoms with Crippen LogP contribution in [-0.2, 0) is 0 Å². The number of nitrogens with two attached hydrogens (primary N) is 1. The largest absolute Gasteiger partial charge is 0.330 e. The van der Waals surface area contributed by atoms with E-state index in [-0.39, 0.29) is 0 Å². The maximum absolute atomic E-state index is 5.60. The minimum absolute atomic E-state index is 0.701. The van der Waals surface area contributed by atoms with Crippen LogP contribution in [0.2, 0.25) is 0 Å². The highest BCUT2D eigenvalue weighted by Gasteiger charge is 2.18. The van der Waals surface area contributed by atoms with E-state index in [1.807, 2.05) is 0 Å². The molecule has 0 amide bonds. The Balaban J connectivity index is 2.05. The van der Waals surface area contributed by atoms with Crippen LogP contribution < -0.4 is 5.73 Å². The van der Waals surface area contributed by atoms with Crippen LogP contribution in [0.15, 0.2) is 0 Å². The van der Waals surface area contributed by atoms with Crippen molar-refractivity contribution in [3.05, 3.63) is 0 Å². The first kappa shape index (κ1) is 12.0. The second-order valence-electron chi connectivity index (χ2n) is 4.90. The van der Waals surface area contributed by atoms with Gasteiger partial charge in [0.25, 0.3) is 0 Å². The van der Waals surface area contributed by atoms with Crippen molar-refractivity contribution in [2.24, 2.45) is 11.7 Å². The minimum Gasteiger partial charge on any atom is -0.330 e. The van der Waals surface area contributed by atoms with E-state index < -0.39 is 0 Å². The minimum atomic E-state index is 0.701. The Labute approximate surface area is 88.8 Å². The SMILES string of the molecule is CC(CN)CCCN(C)C1CCCC1. The first-order valence-corrected chi connectivity index (χ1v) is 6.14. The summed E-state index contributed by atoms with van der Waals surface area (Å²) in [5.41, 5.74) is 5.60. The van der Waals surface area contributed by atoms with Crippen molar-refractivity contribution in [1.82, 2.24) is 4.90 Å². The number of rotatable bonds is 6. The lowest BCUT2D eigenvalue weighted by molar-refractivity contribution is 0.236. The quantitative estimate of drug-likeness (QED) is 0.709. The third kappa shape index (κ3) is 3.97. The molecule has 0 radical (unpaired) electrons. The zero-order valence-corrected chi connectivity index (χ0v) is 9.84. The maximum Gasteiger partial charge on any atom is 0.00922 e. The van der Waals surface area contributed by atoms with Crippen LogP contribution in [0, 0.1) is 5.92 Å². The highest BCUT2D eigenvalue weighted by atomic mass is 15.1.